The van der Waals surface area contributed by atoms with Gasteiger partial charge < -0.3 is 14.5 Å². The highest BCUT2D eigenvalue weighted by atomic mass is 32.2. The van der Waals surface area contributed by atoms with Gasteiger partial charge >= 0.3 is 0 Å². The number of rotatable bonds is 7. The number of nitrogens with one attached hydrogen (secondary N) is 2. The van der Waals surface area contributed by atoms with Crippen molar-refractivity contribution in [2.75, 3.05) is 18.9 Å². The number of pyridine rings is 1. The molecule has 2 aromatic heterocycles. The minimum absolute atomic E-state index is 0.193. The minimum atomic E-state index is -1.90. The lowest BCUT2D eigenvalue weighted by Crippen LogP contribution is -2.12. The van der Waals surface area contributed by atoms with Gasteiger partial charge in [-0.25, -0.2) is 22.4 Å². The highest BCUT2D eigenvalue weighted by molar-refractivity contribution is 7.86. The van der Waals surface area contributed by atoms with Crippen LogP contribution in [0.25, 0.3) is 11.0 Å². The third-order valence-electron chi connectivity index (χ3n) is 4.91. The number of halogens is 3. The fourth-order valence-corrected chi connectivity index (χ4v) is 4.20. The molecule has 6 nitrogen and oxygen atoms in total. The van der Waals surface area contributed by atoms with Crippen LogP contribution in [0.3, 0.4) is 0 Å². The molecular weight excluding hydrogens is 443 g/mol. The number of hydrogen-bond donors (Lipinski definition) is 2. The average molecular weight is 461 g/mol. The first kappa shape index (κ1) is 21.8. The van der Waals surface area contributed by atoms with Crippen LogP contribution in [0, 0.1) is 17.5 Å². The molecule has 2 aromatic carbocycles. The Morgan fingerprint density at radius 2 is 1.84 bits per heavy atom. The van der Waals surface area contributed by atoms with Gasteiger partial charge in [0.15, 0.2) is 5.82 Å². The van der Waals surface area contributed by atoms with Gasteiger partial charge in [0.2, 0.25) is 0 Å². The number of aromatic amines is 1. The van der Waals surface area contributed by atoms with Crippen molar-refractivity contribution in [2.45, 2.75) is 11.0 Å². The quantitative estimate of drug-likeness (QED) is 0.412. The third-order valence-corrected chi connectivity index (χ3v) is 6.02. The van der Waals surface area contributed by atoms with Gasteiger partial charge in [0.1, 0.15) is 40.1 Å². The average Bonchev–Trinajstić information content (AvgIpc) is 3.21. The summed E-state index contributed by atoms with van der Waals surface area (Å²) in [6.07, 6.45) is 1.95. The van der Waals surface area contributed by atoms with Crippen LogP contribution in [0.4, 0.5) is 18.9 Å². The molecule has 0 bridgehead atoms. The fourth-order valence-electron chi connectivity index (χ4n) is 3.34. The SMILES string of the molecule is COc1cnc2[nH]cc(C(OC)c3c(F)ccc(NS(=O)c4ccc(F)cc4)c3F)c2c1. The zero-order valence-electron chi connectivity index (χ0n) is 17.0. The molecule has 0 fully saturated rings. The standard InChI is InChI=1S/C22H18F3N3O3S/c1-30-13-9-15-16(11-27-22(15)26-10-13)21(31-2)19-17(24)7-8-18(20(19)25)28-32(29)14-5-3-12(23)4-6-14/h3-11,21,28H,1-2H3,(H,26,27). The summed E-state index contributed by atoms with van der Waals surface area (Å²) in [6.45, 7) is 0. The zero-order valence-corrected chi connectivity index (χ0v) is 17.8. The second kappa shape index (κ2) is 9.01. The topological polar surface area (TPSA) is 76.2 Å². The van der Waals surface area contributed by atoms with Crippen molar-refractivity contribution in [3.05, 3.63) is 83.4 Å². The maximum absolute atomic E-state index is 15.4. The number of methoxy groups -OCH3 is 2. The smallest absolute Gasteiger partial charge is 0.156 e. The van der Waals surface area contributed by atoms with Crippen LogP contribution in [-0.2, 0) is 15.7 Å². The van der Waals surface area contributed by atoms with E-state index in [0.717, 1.165) is 24.3 Å². The van der Waals surface area contributed by atoms with Crippen molar-refractivity contribution in [1.82, 2.24) is 9.97 Å². The van der Waals surface area contributed by atoms with E-state index in [4.69, 9.17) is 9.47 Å². The molecule has 4 aromatic rings. The Morgan fingerprint density at radius 3 is 2.53 bits per heavy atom. The summed E-state index contributed by atoms with van der Waals surface area (Å²) in [6, 6.07) is 8.78. The molecule has 0 saturated heterocycles. The minimum Gasteiger partial charge on any atom is -0.495 e. The molecule has 0 aliphatic carbocycles. The molecule has 0 aliphatic heterocycles. The predicted molar refractivity (Wildman–Crippen MR) is 114 cm³/mol. The summed E-state index contributed by atoms with van der Waals surface area (Å²) in [5.74, 6) is -1.82. The summed E-state index contributed by atoms with van der Waals surface area (Å²) in [4.78, 5) is 7.40. The largest absolute Gasteiger partial charge is 0.495 e. The van der Waals surface area contributed by atoms with Crippen LogP contribution < -0.4 is 9.46 Å². The molecule has 32 heavy (non-hydrogen) atoms. The number of hydrogen-bond acceptors (Lipinski definition) is 4. The highest BCUT2D eigenvalue weighted by Gasteiger charge is 2.27. The van der Waals surface area contributed by atoms with Crippen molar-refractivity contribution >= 4 is 27.7 Å². The van der Waals surface area contributed by atoms with Crippen molar-refractivity contribution in [3.8, 4) is 5.75 Å². The third kappa shape index (κ3) is 4.06. The molecule has 2 unspecified atom stereocenters. The van der Waals surface area contributed by atoms with Crippen molar-refractivity contribution < 1.29 is 26.9 Å². The van der Waals surface area contributed by atoms with Crippen molar-refractivity contribution in [1.29, 1.82) is 0 Å². The molecule has 2 N–H and O–H groups in total. The van der Waals surface area contributed by atoms with Gasteiger partial charge in [-0.3, -0.25) is 4.72 Å². The molecule has 10 heteroatoms. The van der Waals surface area contributed by atoms with Gasteiger partial charge in [0.25, 0.3) is 0 Å². The van der Waals surface area contributed by atoms with Gasteiger partial charge in [-0.2, -0.15) is 0 Å². The van der Waals surface area contributed by atoms with Crippen molar-refractivity contribution in [2.24, 2.45) is 0 Å². The summed E-state index contributed by atoms with van der Waals surface area (Å²) in [7, 11) is 0.912. The Bertz CT molecular complexity index is 1300. The van der Waals surface area contributed by atoms with Crippen LogP contribution in [0.1, 0.15) is 17.2 Å². The van der Waals surface area contributed by atoms with Gasteiger partial charge in [0.05, 0.1) is 29.5 Å². The number of benzene rings is 2. The number of aromatic nitrogens is 2. The number of ether oxygens (including phenoxy) is 2. The van der Waals surface area contributed by atoms with Crippen LogP contribution in [0.2, 0.25) is 0 Å². The molecular formula is C22H18F3N3O3S. The lowest BCUT2D eigenvalue weighted by Gasteiger charge is -2.19. The van der Waals surface area contributed by atoms with E-state index >= 15 is 4.39 Å². The molecule has 0 aliphatic rings. The monoisotopic (exact) mass is 461 g/mol. The normalized spacial score (nSPS) is 13.2. The van der Waals surface area contributed by atoms with Gasteiger partial charge in [0, 0.05) is 24.3 Å². The van der Waals surface area contributed by atoms with E-state index in [9.17, 15) is 13.0 Å². The fraction of sp³-hybridized carbons (Fsp3) is 0.136. The maximum Gasteiger partial charge on any atom is 0.156 e. The van der Waals surface area contributed by atoms with E-state index in [0.29, 0.717) is 22.3 Å². The summed E-state index contributed by atoms with van der Waals surface area (Å²) < 4.78 is 69.0. The van der Waals surface area contributed by atoms with Crippen molar-refractivity contribution in [3.63, 3.8) is 0 Å². The van der Waals surface area contributed by atoms with E-state index in [-0.39, 0.29) is 16.1 Å². The van der Waals surface area contributed by atoms with E-state index < -0.39 is 34.5 Å². The molecule has 0 saturated carbocycles. The van der Waals surface area contributed by atoms with Crippen LogP contribution in [-0.4, -0.2) is 28.4 Å². The first-order valence-corrected chi connectivity index (χ1v) is 10.5. The van der Waals surface area contributed by atoms with E-state index in [1.807, 2.05) is 0 Å². The highest BCUT2D eigenvalue weighted by Crippen LogP contribution is 2.37. The second-order valence-corrected chi connectivity index (χ2v) is 7.99. The van der Waals surface area contributed by atoms with Crippen LogP contribution in [0.15, 0.2) is 59.8 Å². The summed E-state index contributed by atoms with van der Waals surface area (Å²) in [5, 5.41) is 0.572. The summed E-state index contributed by atoms with van der Waals surface area (Å²) >= 11 is 0. The molecule has 2 heterocycles. The lowest BCUT2D eigenvalue weighted by atomic mass is 9.99. The number of H-pyrrole nitrogens is 1. The lowest BCUT2D eigenvalue weighted by molar-refractivity contribution is 0.130. The van der Waals surface area contributed by atoms with E-state index in [2.05, 4.69) is 14.7 Å². The molecule has 4 rings (SSSR count). The maximum atomic E-state index is 15.4. The number of nitrogens with zero attached hydrogens (tertiary/aromatic N) is 1. The first-order valence-electron chi connectivity index (χ1n) is 9.38. The van der Waals surface area contributed by atoms with Crippen LogP contribution in [0.5, 0.6) is 5.75 Å². The molecule has 0 radical (unpaired) electrons. The Balaban J connectivity index is 1.74. The van der Waals surface area contributed by atoms with E-state index in [1.54, 1.807) is 12.3 Å². The molecule has 0 amide bonds. The number of anilines is 1. The van der Waals surface area contributed by atoms with Gasteiger partial charge in [-0.05, 0) is 42.5 Å². The molecule has 2 atom stereocenters. The summed E-state index contributed by atoms with van der Waals surface area (Å²) in [5.41, 5.74) is 0.387. The van der Waals surface area contributed by atoms with E-state index in [1.165, 1.54) is 32.5 Å². The number of fused-ring (bicyclic) bond motifs is 1. The Kier molecular flexibility index (Phi) is 6.15. The zero-order chi connectivity index (χ0) is 22.8. The Morgan fingerprint density at radius 1 is 1.09 bits per heavy atom. The predicted octanol–water partition coefficient (Wildman–Crippen LogP) is 4.86. The molecule has 0 spiro atoms. The Hall–Kier alpha value is -3.37. The Labute approximate surface area is 184 Å². The van der Waals surface area contributed by atoms with Crippen LogP contribution >= 0.6 is 0 Å². The first-order chi connectivity index (χ1) is 15.4. The van der Waals surface area contributed by atoms with Gasteiger partial charge in [-0.1, -0.05) is 0 Å². The van der Waals surface area contributed by atoms with Gasteiger partial charge in [-0.15, -0.1) is 0 Å². The molecule has 166 valence electrons. The second-order valence-electron chi connectivity index (χ2n) is 6.78.